The first-order valence-corrected chi connectivity index (χ1v) is 5.96. The summed E-state index contributed by atoms with van der Waals surface area (Å²) in [5.74, 6) is -0.0327. The first-order valence-electron chi connectivity index (χ1n) is 4.68. The Kier molecular flexibility index (Phi) is 6.96. The summed E-state index contributed by atoms with van der Waals surface area (Å²) in [7, 11) is 1.61. The molecule has 0 bridgehead atoms. The van der Waals surface area contributed by atoms with E-state index in [4.69, 9.17) is 5.11 Å². The first-order chi connectivity index (χ1) is 6.56. The maximum absolute atomic E-state index is 11.2. The second-order valence-electron chi connectivity index (χ2n) is 3.25. The van der Waals surface area contributed by atoms with Gasteiger partial charge in [-0.3, -0.25) is 4.79 Å². The number of amides is 1. The van der Waals surface area contributed by atoms with E-state index in [2.05, 4.69) is 10.6 Å². The van der Waals surface area contributed by atoms with Gasteiger partial charge in [-0.25, -0.2) is 0 Å². The van der Waals surface area contributed by atoms with Crippen LogP contribution in [0.5, 0.6) is 0 Å². The quantitative estimate of drug-likeness (QED) is 0.581. The zero-order valence-corrected chi connectivity index (χ0v) is 10.0. The first kappa shape index (κ1) is 13.7. The van der Waals surface area contributed by atoms with Gasteiger partial charge in [0.2, 0.25) is 5.91 Å². The minimum Gasteiger partial charge on any atom is -0.395 e. The minimum atomic E-state index is -0.226. The number of hydrogen-bond acceptors (Lipinski definition) is 4. The smallest absolute Gasteiger partial charge is 0.236 e. The van der Waals surface area contributed by atoms with Crippen molar-refractivity contribution in [3.8, 4) is 0 Å². The van der Waals surface area contributed by atoms with E-state index >= 15 is 0 Å². The Morgan fingerprint density at radius 3 is 2.43 bits per heavy atom. The predicted octanol–water partition coefficient (Wildman–Crippen LogP) is -0.177. The molecule has 0 fully saturated rings. The normalized spacial score (nSPS) is 17.2. The number of carbonyl (C=O) groups is 1. The van der Waals surface area contributed by atoms with E-state index in [9.17, 15) is 4.79 Å². The van der Waals surface area contributed by atoms with Crippen molar-refractivity contribution in [2.75, 3.05) is 19.9 Å². The molecule has 3 N–H and O–H groups in total. The second-order valence-corrected chi connectivity index (χ2v) is 4.32. The van der Waals surface area contributed by atoms with Gasteiger partial charge in [-0.1, -0.05) is 0 Å². The highest BCUT2D eigenvalue weighted by Crippen LogP contribution is 2.10. The van der Waals surface area contributed by atoms with Crippen molar-refractivity contribution in [2.24, 2.45) is 0 Å². The van der Waals surface area contributed by atoms with Crippen molar-refractivity contribution in [3.63, 3.8) is 0 Å². The van der Waals surface area contributed by atoms with Crippen LogP contribution >= 0.6 is 11.8 Å². The highest BCUT2D eigenvalue weighted by Gasteiger charge is 2.19. The lowest BCUT2D eigenvalue weighted by Crippen LogP contribution is -2.48. The Hall–Kier alpha value is -0.260. The van der Waals surface area contributed by atoms with E-state index in [0.717, 1.165) is 0 Å². The zero-order valence-electron chi connectivity index (χ0n) is 9.20. The lowest BCUT2D eigenvalue weighted by Gasteiger charge is -2.24. The molecule has 0 aliphatic heterocycles. The standard InChI is InChI=1S/C9H20N2O2S/c1-6(8(5-12)14-4)11-7(2)9(13)10-3/h6-8,11-12H,5H2,1-4H3,(H,10,13). The van der Waals surface area contributed by atoms with Crippen LogP contribution in [-0.2, 0) is 4.79 Å². The average Bonchev–Trinajstić information content (AvgIpc) is 2.18. The van der Waals surface area contributed by atoms with Gasteiger partial charge in [0.1, 0.15) is 0 Å². The van der Waals surface area contributed by atoms with E-state index in [1.165, 1.54) is 0 Å². The van der Waals surface area contributed by atoms with Gasteiger partial charge in [0.05, 0.1) is 12.6 Å². The molecule has 0 aromatic rings. The number of aliphatic hydroxyl groups excluding tert-OH is 1. The van der Waals surface area contributed by atoms with E-state index in [-0.39, 0.29) is 29.8 Å². The van der Waals surface area contributed by atoms with Crippen LogP contribution in [0.4, 0.5) is 0 Å². The maximum atomic E-state index is 11.2. The van der Waals surface area contributed by atoms with Crippen LogP contribution in [0.2, 0.25) is 0 Å². The Morgan fingerprint density at radius 1 is 1.50 bits per heavy atom. The molecule has 0 rings (SSSR count). The van der Waals surface area contributed by atoms with E-state index in [1.54, 1.807) is 18.8 Å². The van der Waals surface area contributed by atoms with Crippen molar-refractivity contribution >= 4 is 17.7 Å². The molecular weight excluding hydrogens is 200 g/mol. The van der Waals surface area contributed by atoms with Crippen LogP contribution in [-0.4, -0.2) is 48.3 Å². The molecule has 3 atom stereocenters. The highest BCUT2D eigenvalue weighted by molar-refractivity contribution is 7.99. The van der Waals surface area contributed by atoms with Gasteiger partial charge >= 0.3 is 0 Å². The summed E-state index contributed by atoms with van der Waals surface area (Å²) in [5.41, 5.74) is 0. The van der Waals surface area contributed by atoms with Crippen molar-refractivity contribution < 1.29 is 9.90 Å². The van der Waals surface area contributed by atoms with Crippen LogP contribution in [0.1, 0.15) is 13.8 Å². The number of carbonyl (C=O) groups excluding carboxylic acids is 1. The monoisotopic (exact) mass is 220 g/mol. The summed E-state index contributed by atoms with van der Waals surface area (Å²) in [5, 5.41) is 14.9. The third-order valence-electron chi connectivity index (χ3n) is 2.19. The maximum Gasteiger partial charge on any atom is 0.236 e. The molecule has 0 aromatic carbocycles. The number of aliphatic hydroxyl groups is 1. The molecule has 0 saturated heterocycles. The SMILES string of the molecule is CNC(=O)C(C)NC(C)C(CO)SC. The number of likely N-dealkylation sites (N-methyl/N-ethyl adjacent to an activating group) is 1. The van der Waals surface area contributed by atoms with Crippen LogP contribution < -0.4 is 10.6 Å². The lowest BCUT2D eigenvalue weighted by atomic mass is 10.2. The van der Waals surface area contributed by atoms with Crippen LogP contribution in [0.3, 0.4) is 0 Å². The van der Waals surface area contributed by atoms with Crippen LogP contribution in [0, 0.1) is 0 Å². The van der Waals surface area contributed by atoms with Crippen molar-refractivity contribution in [1.82, 2.24) is 10.6 Å². The van der Waals surface area contributed by atoms with Gasteiger partial charge in [-0.15, -0.1) is 0 Å². The Balaban J connectivity index is 4.03. The molecule has 0 radical (unpaired) electrons. The lowest BCUT2D eigenvalue weighted by molar-refractivity contribution is -0.122. The van der Waals surface area contributed by atoms with Gasteiger partial charge in [0.15, 0.2) is 0 Å². The molecule has 3 unspecified atom stereocenters. The third-order valence-corrected chi connectivity index (χ3v) is 3.36. The Bertz CT molecular complexity index is 174. The fourth-order valence-electron chi connectivity index (χ4n) is 1.23. The molecule has 4 nitrogen and oxygen atoms in total. The van der Waals surface area contributed by atoms with Crippen molar-refractivity contribution in [1.29, 1.82) is 0 Å². The van der Waals surface area contributed by atoms with Crippen molar-refractivity contribution in [3.05, 3.63) is 0 Å². The van der Waals surface area contributed by atoms with Gasteiger partial charge < -0.3 is 15.7 Å². The van der Waals surface area contributed by atoms with E-state index < -0.39 is 0 Å². The minimum absolute atomic E-state index is 0.0327. The van der Waals surface area contributed by atoms with Gasteiger partial charge in [-0.2, -0.15) is 11.8 Å². The molecule has 84 valence electrons. The zero-order chi connectivity index (χ0) is 11.1. The summed E-state index contributed by atoms with van der Waals surface area (Å²) in [6.07, 6.45) is 1.95. The summed E-state index contributed by atoms with van der Waals surface area (Å²) in [6, 6.07) is -0.113. The predicted molar refractivity (Wildman–Crippen MR) is 60.5 cm³/mol. The molecule has 1 amide bonds. The molecule has 5 heteroatoms. The van der Waals surface area contributed by atoms with Crippen LogP contribution in [0.15, 0.2) is 0 Å². The average molecular weight is 220 g/mol. The third kappa shape index (κ3) is 4.30. The van der Waals surface area contributed by atoms with Gasteiger partial charge in [-0.05, 0) is 20.1 Å². The summed E-state index contributed by atoms with van der Waals surface area (Å²) >= 11 is 1.60. The number of rotatable bonds is 6. The van der Waals surface area contributed by atoms with E-state index in [0.29, 0.717) is 0 Å². The van der Waals surface area contributed by atoms with Crippen molar-refractivity contribution in [2.45, 2.75) is 31.2 Å². The van der Waals surface area contributed by atoms with Gasteiger partial charge in [0, 0.05) is 18.3 Å². The largest absolute Gasteiger partial charge is 0.395 e. The molecule has 0 aliphatic rings. The second kappa shape index (κ2) is 7.09. The Morgan fingerprint density at radius 2 is 2.07 bits per heavy atom. The number of thioether (sulfide) groups is 1. The molecule has 14 heavy (non-hydrogen) atoms. The fourth-order valence-corrected chi connectivity index (χ4v) is 1.87. The molecule has 0 aliphatic carbocycles. The Labute approximate surface area is 89.8 Å². The molecule has 0 heterocycles. The highest BCUT2D eigenvalue weighted by atomic mass is 32.2. The molecule has 0 saturated carbocycles. The van der Waals surface area contributed by atoms with Gasteiger partial charge in [0.25, 0.3) is 0 Å². The van der Waals surface area contributed by atoms with Crippen LogP contribution in [0.25, 0.3) is 0 Å². The number of nitrogens with one attached hydrogen (secondary N) is 2. The fraction of sp³-hybridized carbons (Fsp3) is 0.889. The number of hydrogen-bond donors (Lipinski definition) is 3. The summed E-state index contributed by atoms with van der Waals surface area (Å²) < 4.78 is 0. The summed E-state index contributed by atoms with van der Waals surface area (Å²) in [4.78, 5) is 11.2. The summed E-state index contributed by atoms with van der Waals surface area (Å²) in [6.45, 7) is 3.90. The topological polar surface area (TPSA) is 61.4 Å². The molecule has 0 spiro atoms. The molecule has 0 aromatic heterocycles. The van der Waals surface area contributed by atoms with E-state index in [1.807, 2.05) is 20.1 Å². The molecular formula is C9H20N2O2S.